The SMILES string of the molecule is CCCCCCc1nn(CCCCCC)c(=O)n1Cc1ccc(-c2cccc(-c3nnn[nH]3)c2)cc1. The van der Waals surface area contributed by atoms with Crippen LogP contribution in [-0.4, -0.2) is 35.0 Å². The third-order valence-corrected chi connectivity index (χ3v) is 6.59. The number of nitrogens with zero attached hydrogens (tertiary/aromatic N) is 6. The second kappa shape index (κ2) is 13.0. The Hall–Kier alpha value is -3.55. The van der Waals surface area contributed by atoms with E-state index in [1.807, 2.05) is 16.7 Å². The van der Waals surface area contributed by atoms with Crippen molar-refractivity contribution in [3.05, 3.63) is 70.4 Å². The molecule has 0 radical (unpaired) electrons. The Morgan fingerprint density at radius 2 is 1.58 bits per heavy atom. The summed E-state index contributed by atoms with van der Waals surface area (Å²) in [5, 5.41) is 18.9. The maximum atomic E-state index is 13.2. The minimum atomic E-state index is 0.00874. The number of aromatic amines is 1. The van der Waals surface area contributed by atoms with Gasteiger partial charge in [0.25, 0.3) is 0 Å². The molecule has 2 aromatic carbocycles. The monoisotopic (exact) mass is 487 g/mol. The second-order valence-electron chi connectivity index (χ2n) is 9.41. The Labute approximate surface area is 212 Å². The van der Waals surface area contributed by atoms with Crippen LogP contribution in [0.25, 0.3) is 22.5 Å². The van der Waals surface area contributed by atoms with Gasteiger partial charge in [0.05, 0.1) is 6.54 Å². The standard InChI is InChI=1S/C28H37N7O/c1-3-5-7-9-14-26-31-35(19-10-8-6-4-2)28(36)34(26)21-22-15-17-23(18-16-22)24-12-11-13-25(20-24)27-29-32-33-30-27/h11-13,15-18,20H,3-10,14,19,21H2,1-2H3,(H,29,30,32,33). The van der Waals surface area contributed by atoms with Crippen LogP contribution in [-0.2, 0) is 19.5 Å². The lowest BCUT2D eigenvalue weighted by Crippen LogP contribution is -2.26. The Balaban J connectivity index is 1.50. The van der Waals surface area contributed by atoms with Gasteiger partial charge in [-0.05, 0) is 46.0 Å². The van der Waals surface area contributed by atoms with Crippen molar-refractivity contribution in [2.75, 3.05) is 0 Å². The van der Waals surface area contributed by atoms with Crippen LogP contribution in [0.15, 0.2) is 53.3 Å². The molecule has 190 valence electrons. The molecule has 4 aromatic rings. The van der Waals surface area contributed by atoms with Crippen LogP contribution < -0.4 is 5.69 Å². The highest BCUT2D eigenvalue weighted by atomic mass is 16.2. The molecule has 2 heterocycles. The normalized spacial score (nSPS) is 11.3. The third kappa shape index (κ3) is 6.56. The van der Waals surface area contributed by atoms with Gasteiger partial charge in [-0.2, -0.15) is 5.10 Å². The van der Waals surface area contributed by atoms with Gasteiger partial charge in [0.1, 0.15) is 5.82 Å². The van der Waals surface area contributed by atoms with Gasteiger partial charge in [-0.1, -0.05) is 94.8 Å². The number of tetrazole rings is 1. The van der Waals surface area contributed by atoms with E-state index in [1.165, 1.54) is 32.1 Å². The summed E-state index contributed by atoms with van der Waals surface area (Å²) in [4.78, 5) is 13.2. The smallest absolute Gasteiger partial charge is 0.274 e. The van der Waals surface area contributed by atoms with Gasteiger partial charge in [0, 0.05) is 18.5 Å². The number of rotatable bonds is 14. The van der Waals surface area contributed by atoms with Crippen molar-refractivity contribution >= 4 is 0 Å². The van der Waals surface area contributed by atoms with E-state index in [0.29, 0.717) is 18.9 Å². The highest BCUT2D eigenvalue weighted by Gasteiger charge is 2.14. The van der Waals surface area contributed by atoms with Crippen LogP contribution in [0, 0.1) is 0 Å². The highest BCUT2D eigenvalue weighted by Crippen LogP contribution is 2.24. The van der Waals surface area contributed by atoms with E-state index in [4.69, 9.17) is 5.10 Å². The fourth-order valence-electron chi connectivity index (χ4n) is 4.49. The predicted octanol–water partition coefficient (Wildman–Crippen LogP) is 5.64. The van der Waals surface area contributed by atoms with E-state index >= 15 is 0 Å². The summed E-state index contributed by atoms with van der Waals surface area (Å²) in [6.07, 6.45) is 10.0. The minimum Gasteiger partial charge on any atom is -0.274 e. The molecule has 0 aliphatic carbocycles. The molecule has 0 amide bonds. The van der Waals surface area contributed by atoms with Crippen LogP contribution in [0.5, 0.6) is 0 Å². The summed E-state index contributed by atoms with van der Waals surface area (Å²) >= 11 is 0. The van der Waals surface area contributed by atoms with Crippen molar-refractivity contribution in [2.45, 2.75) is 84.7 Å². The van der Waals surface area contributed by atoms with Crippen molar-refractivity contribution in [3.8, 4) is 22.5 Å². The van der Waals surface area contributed by atoms with Gasteiger partial charge in [-0.25, -0.2) is 14.6 Å². The lowest BCUT2D eigenvalue weighted by molar-refractivity contribution is 0.520. The summed E-state index contributed by atoms with van der Waals surface area (Å²) in [6.45, 7) is 5.66. The van der Waals surface area contributed by atoms with Gasteiger partial charge >= 0.3 is 5.69 Å². The van der Waals surface area contributed by atoms with Crippen LogP contribution in [0.2, 0.25) is 0 Å². The molecular weight excluding hydrogens is 450 g/mol. The topological polar surface area (TPSA) is 94.3 Å². The van der Waals surface area contributed by atoms with Crippen LogP contribution in [0.4, 0.5) is 0 Å². The second-order valence-corrected chi connectivity index (χ2v) is 9.41. The number of aromatic nitrogens is 7. The number of benzene rings is 2. The first-order valence-electron chi connectivity index (χ1n) is 13.3. The Morgan fingerprint density at radius 1 is 0.833 bits per heavy atom. The summed E-state index contributed by atoms with van der Waals surface area (Å²) in [5.74, 6) is 1.55. The molecule has 0 spiro atoms. The van der Waals surface area contributed by atoms with Crippen molar-refractivity contribution in [3.63, 3.8) is 0 Å². The van der Waals surface area contributed by atoms with E-state index < -0.39 is 0 Å². The van der Waals surface area contributed by atoms with Crippen molar-refractivity contribution in [2.24, 2.45) is 0 Å². The first-order valence-corrected chi connectivity index (χ1v) is 13.3. The van der Waals surface area contributed by atoms with Gasteiger partial charge in [-0.3, -0.25) is 4.57 Å². The molecule has 2 aromatic heterocycles. The summed E-state index contributed by atoms with van der Waals surface area (Å²) in [7, 11) is 0. The predicted molar refractivity (Wildman–Crippen MR) is 143 cm³/mol. The van der Waals surface area contributed by atoms with Crippen molar-refractivity contribution < 1.29 is 0 Å². The average Bonchev–Trinajstić information content (AvgIpc) is 3.55. The van der Waals surface area contributed by atoms with Crippen LogP contribution >= 0.6 is 0 Å². The maximum absolute atomic E-state index is 13.2. The number of hydrogen-bond donors (Lipinski definition) is 1. The van der Waals surface area contributed by atoms with Crippen LogP contribution in [0.1, 0.15) is 76.6 Å². The molecule has 36 heavy (non-hydrogen) atoms. The number of unbranched alkanes of at least 4 members (excludes halogenated alkanes) is 6. The number of hydrogen-bond acceptors (Lipinski definition) is 5. The van der Waals surface area contributed by atoms with E-state index in [9.17, 15) is 4.79 Å². The first-order chi connectivity index (χ1) is 17.7. The zero-order chi connectivity index (χ0) is 25.2. The number of aryl methyl sites for hydroxylation is 2. The average molecular weight is 488 g/mol. The molecule has 0 saturated carbocycles. The van der Waals surface area contributed by atoms with E-state index in [2.05, 4.69) is 70.9 Å². The number of H-pyrrole nitrogens is 1. The molecule has 0 aliphatic heterocycles. The Kier molecular flexibility index (Phi) is 9.19. The Bertz CT molecular complexity index is 1260. The Morgan fingerprint density at radius 3 is 2.31 bits per heavy atom. The molecule has 0 fully saturated rings. The van der Waals surface area contributed by atoms with E-state index in [1.54, 1.807) is 4.68 Å². The zero-order valence-electron chi connectivity index (χ0n) is 21.5. The largest absolute Gasteiger partial charge is 0.346 e. The lowest BCUT2D eigenvalue weighted by Gasteiger charge is -2.08. The lowest BCUT2D eigenvalue weighted by atomic mass is 10.0. The first kappa shape index (κ1) is 25.5. The van der Waals surface area contributed by atoms with Crippen molar-refractivity contribution in [1.82, 2.24) is 35.0 Å². The molecule has 8 heteroatoms. The van der Waals surface area contributed by atoms with E-state index in [-0.39, 0.29) is 5.69 Å². The molecule has 1 N–H and O–H groups in total. The summed E-state index contributed by atoms with van der Waals surface area (Å²) < 4.78 is 3.56. The molecule has 0 atom stereocenters. The van der Waals surface area contributed by atoms with Crippen molar-refractivity contribution in [1.29, 1.82) is 0 Å². The molecule has 0 aliphatic rings. The highest BCUT2D eigenvalue weighted by molar-refractivity contribution is 5.70. The summed E-state index contributed by atoms with van der Waals surface area (Å²) in [6, 6.07) is 16.5. The van der Waals surface area contributed by atoms with Crippen LogP contribution in [0.3, 0.4) is 0 Å². The fraction of sp³-hybridized carbons (Fsp3) is 0.464. The van der Waals surface area contributed by atoms with Gasteiger partial charge in [-0.15, -0.1) is 5.10 Å². The van der Waals surface area contributed by atoms with Gasteiger partial charge in [0.2, 0.25) is 0 Å². The molecule has 0 unspecified atom stereocenters. The molecular formula is C28H37N7O. The summed E-state index contributed by atoms with van der Waals surface area (Å²) in [5.41, 5.74) is 4.23. The molecule has 0 bridgehead atoms. The molecule has 0 saturated heterocycles. The quantitative estimate of drug-likeness (QED) is 0.232. The third-order valence-electron chi connectivity index (χ3n) is 6.59. The van der Waals surface area contributed by atoms with Gasteiger partial charge in [0.15, 0.2) is 5.82 Å². The molecule has 4 rings (SSSR count). The zero-order valence-corrected chi connectivity index (χ0v) is 21.5. The van der Waals surface area contributed by atoms with E-state index in [0.717, 1.165) is 53.8 Å². The fourth-order valence-corrected chi connectivity index (χ4v) is 4.49. The number of nitrogens with one attached hydrogen (secondary N) is 1. The molecule has 8 nitrogen and oxygen atoms in total. The maximum Gasteiger partial charge on any atom is 0.346 e. The van der Waals surface area contributed by atoms with Gasteiger partial charge < -0.3 is 0 Å². The minimum absolute atomic E-state index is 0.00874.